The van der Waals surface area contributed by atoms with Gasteiger partial charge in [0.2, 0.25) is 5.91 Å². The van der Waals surface area contributed by atoms with E-state index in [0.29, 0.717) is 39.3 Å². The minimum absolute atomic E-state index is 0.0510. The number of ether oxygens (including phenoxy) is 3. The van der Waals surface area contributed by atoms with Crippen LogP contribution in [0.4, 0.5) is 0 Å². The summed E-state index contributed by atoms with van der Waals surface area (Å²) in [6.45, 7) is 4.71. The van der Waals surface area contributed by atoms with Crippen molar-refractivity contribution in [1.29, 1.82) is 0 Å². The van der Waals surface area contributed by atoms with E-state index in [1.807, 2.05) is 47.2 Å². The Bertz CT molecular complexity index is 912. The number of methoxy groups -OCH3 is 2. The molecule has 0 aliphatic carbocycles. The topological polar surface area (TPSA) is 65.3 Å². The Morgan fingerprint density at radius 1 is 1.14 bits per heavy atom. The monoisotopic (exact) mass is 417 g/mol. The van der Waals surface area contributed by atoms with E-state index in [9.17, 15) is 4.79 Å². The zero-order valence-corrected chi connectivity index (χ0v) is 17.9. The first kappa shape index (κ1) is 21.3. The average Bonchev–Trinajstić information content (AvgIpc) is 3.31. The molecule has 0 saturated heterocycles. The highest BCUT2D eigenvalue weighted by Crippen LogP contribution is 2.25. The van der Waals surface area contributed by atoms with Gasteiger partial charge in [0.05, 0.1) is 31.9 Å². The van der Waals surface area contributed by atoms with Gasteiger partial charge < -0.3 is 19.1 Å². The van der Waals surface area contributed by atoms with Gasteiger partial charge in [-0.25, -0.2) is 4.98 Å². The van der Waals surface area contributed by atoms with E-state index in [2.05, 4.69) is 0 Å². The molecule has 3 rings (SSSR count). The normalized spacial score (nSPS) is 11.1. The van der Waals surface area contributed by atoms with Gasteiger partial charge in [-0.2, -0.15) is 0 Å². The summed E-state index contributed by atoms with van der Waals surface area (Å²) in [4.78, 5) is 20.2. The Kier molecular flexibility index (Phi) is 7.62. The minimum Gasteiger partial charge on any atom is -0.494 e. The van der Waals surface area contributed by atoms with Crippen molar-refractivity contribution in [3.63, 3.8) is 0 Å². The number of hydrogen-bond acceptors (Lipinski definition) is 6. The van der Waals surface area contributed by atoms with E-state index in [1.165, 1.54) is 11.3 Å². The van der Waals surface area contributed by atoms with Crippen molar-refractivity contribution in [3.05, 3.63) is 41.5 Å². The van der Waals surface area contributed by atoms with Crippen LogP contribution in [0.1, 0.15) is 12.6 Å². The highest BCUT2D eigenvalue weighted by Gasteiger charge is 2.17. The largest absolute Gasteiger partial charge is 0.494 e. The van der Waals surface area contributed by atoms with Gasteiger partial charge in [0.1, 0.15) is 5.75 Å². The molecule has 3 aromatic rings. The highest BCUT2D eigenvalue weighted by atomic mass is 32.1. The third-order valence-corrected chi connectivity index (χ3v) is 5.45. The fourth-order valence-electron chi connectivity index (χ4n) is 3.02. The fourth-order valence-corrected chi connectivity index (χ4v) is 3.89. The highest BCUT2D eigenvalue weighted by molar-refractivity contribution is 7.15. The summed E-state index contributed by atoms with van der Waals surface area (Å²) in [6, 6.07) is 7.89. The van der Waals surface area contributed by atoms with Gasteiger partial charge in [0.15, 0.2) is 4.96 Å². The summed E-state index contributed by atoms with van der Waals surface area (Å²) in [5.41, 5.74) is 2.83. The molecule has 0 N–H and O–H groups in total. The molecule has 0 bridgehead atoms. The lowest BCUT2D eigenvalue weighted by Gasteiger charge is -2.21. The molecular weight excluding hydrogens is 390 g/mol. The molecule has 0 fully saturated rings. The van der Waals surface area contributed by atoms with E-state index in [0.717, 1.165) is 27.7 Å². The first-order chi connectivity index (χ1) is 14.2. The number of aromatic nitrogens is 2. The fraction of sp³-hybridized carbons (Fsp3) is 0.429. The van der Waals surface area contributed by atoms with Crippen molar-refractivity contribution in [1.82, 2.24) is 14.3 Å². The van der Waals surface area contributed by atoms with Crippen LogP contribution in [0, 0.1) is 0 Å². The lowest BCUT2D eigenvalue weighted by atomic mass is 10.1. The first-order valence-electron chi connectivity index (χ1n) is 9.60. The van der Waals surface area contributed by atoms with Gasteiger partial charge in [-0.15, -0.1) is 11.3 Å². The molecule has 2 aromatic heterocycles. The molecule has 1 amide bonds. The maximum atomic E-state index is 12.8. The summed E-state index contributed by atoms with van der Waals surface area (Å²) < 4.78 is 17.8. The van der Waals surface area contributed by atoms with Crippen molar-refractivity contribution in [2.24, 2.45) is 0 Å². The Morgan fingerprint density at radius 3 is 2.45 bits per heavy atom. The van der Waals surface area contributed by atoms with Crippen LogP contribution in [-0.4, -0.2) is 67.3 Å². The van der Waals surface area contributed by atoms with Gasteiger partial charge >= 0.3 is 0 Å². The predicted molar refractivity (Wildman–Crippen MR) is 114 cm³/mol. The molecule has 156 valence electrons. The Labute approximate surface area is 174 Å². The molecule has 0 atom stereocenters. The smallest absolute Gasteiger partial charge is 0.228 e. The summed E-state index contributed by atoms with van der Waals surface area (Å²) in [6.07, 6.45) is 2.30. The number of amides is 1. The maximum Gasteiger partial charge on any atom is 0.228 e. The molecule has 2 heterocycles. The summed E-state index contributed by atoms with van der Waals surface area (Å²) in [7, 11) is 3.27. The van der Waals surface area contributed by atoms with E-state index in [4.69, 9.17) is 19.2 Å². The van der Waals surface area contributed by atoms with Crippen molar-refractivity contribution >= 4 is 22.2 Å². The number of fused-ring (bicyclic) bond motifs is 1. The quantitative estimate of drug-likeness (QED) is 0.480. The third-order valence-electron chi connectivity index (χ3n) is 4.56. The third kappa shape index (κ3) is 5.35. The van der Waals surface area contributed by atoms with Crippen molar-refractivity contribution in [3.8, 4) is 17.0 Å². The standard InChI is InChI=1S/C21H27N3O4S/c1-4-28-18-7-5-16(6-8-18)19-14-24-17(15-29-21(24)22-19)13-20(25)23(9-11-26-2)10-12-27-3/h5-8,14-15H,4,9-13H2,1-3H3. The second-order valence-corrected chi connectivity index (χ2v) is 7.34. The molecule has 0 spiro atoms. The van der Waals surface area contributed by atoms with Crippen molar-refractivity contribution in [2.75, 3.05) is 47.1 Å². The lowest BCUT2D eigenvalue weighted by Crippen LogP contribution is -2.37. The number of hydrogen-bond donors (Lipinski definition) is 0. The molecule has 0 unspecified atom stereocenters. The number of benzene rings is 1. The van der Waals surface area contributed by atoms with Crippen LogP contribution in [0.15, 0.2) is 35.8 Å². The molecule has 1 aromatic carbocycles. The van der Waals surface area contributed by atoms with Gasteiger partial charge in [-0.05, 0) is 31.2 Å². The SMILES string of the molecule is CCOc1ccc(-c2cn3c(CC(=O)N(CCOC)CCOC)csc3n2)cc1. The van der Waals surface area contributed by atoms with E-state index in [-0.39, 0.29) is 5.91 Å². The zero-order valence-electron chi connectivity index (χ0n) is 17.1. The Balaban J connectivity index is 1.75. The second kappa shape index (κ2) is 10.4. The Hall–Kier alpha value is -2.42. The molecule has 0 radical (unpaired) electrons. The average molecular weight is 418 g/mol. The van der Waals surface area contributed by atoms with E-state index >= 15 is 0 Å². The summed E-state index contributed by atoms with van der Waals surface area (Å²) in [5.74, 6) is 0.894. The zero-order chi connectivity index (χ0) is 20.6. The number of thiazole rings is 1. The maximum absolute atomic E-state index is 12.8. The van der Waals surface area contributed by atoms with Gasteiger partial charge in [0.25, 0.3) is 0 Å². The van der Waals surface area contributed by atoms with Crippen LogP contribution >= 0.6 is 11.3 Å². The Morgan fingerprint density at radius 2 is 1.83 bits per heavy atom. The number of nitrogens with zero attached hydrogens (tertiary/aromatic N) is 3. The van der Waals surface area contributed by atoms with Crippen LogP contribution in [0.25, 0.3) is 16.2 Å². The van der Waals surface area contributed by atoms with Gasteiger partial charge in [0, 0.05) is 50.1 Å². The molecule has 0 aliphatic heterocycles. The lowest BCUT2D eigenvalue weighted by molar-refractivity contribution is -0.131. The van der Waals surface area contributed by atoms with Crippen LogP contribution < -0.4 is 4.74 Å². The minimum atomic E-state index is 0.0510. The number of rotatable bonds is 11. The van der Waals surface area contributed by atoms with Crippen molar-refractivity contribution < 1.29 is 19.0 Å². The molecule has 0 aliphatic rings. The second-order valence-electron chi connectivity index (χ2n) is 6.51. The number of carbonyl (C=O) groups is 1. The molecule has 29 heavy (non-hydrogen) atoms. The van der Waals surface area contributed by atoms with Gasteiger partial charge in [-0.1, -0.05) is 0 Å². The van der Waals surface area contributed by atoms with Crippen LogP contribution in [0.5, 0.6) is 5.75 Å². The molecule has 7 nitrogen and oxygen atoms in total. The number of imidazole rings is 1. The van der Waals surface area contributed by atoms with Gasteiger partial charge in [-0.3, -0.25) is 9.20 Å². The van der Waals surface area contributed by atoms with Crippen LogP contribution in [0.3, 0.4) is 0 Å². The van der Waals surface area contributed by atoms with E-state index < -0.39 is 0 Å². The summed E-state index contributed by atoms with van der Waals surface area (Å²) in [5, 5.41) is 1.99. The molecule has 0 saturated carbocycles. The van der Waals surface area contributed by atoms with E-state index in [1.54, 1.807) is 19.1 Å². The predicted octanol–water partition coefficient (Wildman–Crippen LogP) is 3.13. The molecular formula is C21H27N3O4S. The van der Waals surface area contributed by atoms with Crippen LogP contribution in [0.2, 0.25) is 0 Å². The first-order valence-corrected chi connectivity index (χ1v) is 10.5. The number of carbonyl (C=O) groups excluding carboxylic acids is 1. The summed E-state index contributed by atoms with van der Waals surface area (Å²) >= 11 is 1.54. The molecule has 8 heteroatoms. The van der Waals surface area contributed by atoms with Crippen LogP contribution in [-0.2, 0) is 20.7 Å². The van der Waals surface area contributed by atoms with Crippen molar-refractivity contribution in [2.45, 2.75) is 13.3 Å².